The van der Waals surface area contributed by atoms with Crippen molar-refractivity contribution in [1.29, 1.82) is 0 Å². The molecule has 11 heavy (non-hydrogen) atoms. The molecule has 0 bridgehead atoms. The van der Waals surface area contributed by atoms with E-state index in [9.17, 15) is 4.79 Å². The Hall–Kier alpha value is -0.260. The van der Waals surface area contributed by atoms with Crippen LogP contribution in [0.1, 0.15) is 0 Å². The van der Waals surface area contributed by atoms with Gasteiger partial charge in [-0.2, -0.15) is 0 Å². The highest BCUT2D eigenvalue weighted by Gasteiger charge is 2.03. The van der Waals surface area contributed by atoms with Crippen LogP contribution < -0.4 is 0 Å². The van der Waals surface area contributed by atoms with Crippen LogP contribution in [-0.2, 0) is 4.79 Å². The maximum atomic E-state index is 10.1. The van der Waals surface area contributed by atoms with Gasteiger partial charge in [-0.05, 0) is 0 Å². The summed E-state index contributed by atoms with van der Waals surface area (Å²) in [5, 5.41) is 8.30. The second-order valence-electron chi connectivity index (χ2n) is 1.61. The van der Waals surface area contributed by atoms with Gasteiger partial charge in [0.05, 0.1) is 11.9 Å². The number of halogens is 1. The third kappa shape index (κ3) is 3.09. The van der Waals surface area contributed by atoms with Gasteiger partial charge in [0.25, 0.3) is 0 Å². The van der Waals surface area contributed by atoms with E-state index in [1.807, 2.05) is 0 Å². The number of hydrogen-bond donors (Lipinski definition) is 1. The lowest BCUT2D eigenvalue weighted by molar-refractivity contribution is -0.133. The standard InChI is InChI=1S/C5H4ClNO2S2/c6-3-1-7-5(11-3)10-2-4(8)9/h1H,2H2,(H,8,9). The molecule has 3 nitrogen and oxygen atoms in total. The topological polar surface area (TPSA) is 50.2 Å². The molecule has 0 aliphatic heterocycles. The molecule has 6 heteroatoms. The Morgan fingerprint density at radius 3 is 3.09 bits per heavy atom. The largest absolute Gasteiger partial charge is 0.481 e. The van der Waals surface area contributed by atoms with Crippen LogP contribution >= 0.6 is 34.7 Å². The molecule has 0 aromatic carbocycles. The second kappa shape index (κ2) is 3.94. The van der Waals surface area contributed by atoms with Crippen LogP contribution in [-0.4, -0.2) is 21.8 Å². The van der Waals surface area contributed by atoms with Crippen molar-refractivity contribution in [1.82, 2.24) is 4.98 Å². The monoisotopic (exact) mass is 209 g/mol. The fourth-order valence-electron chi connectivity index (χ4n) is 0.430. The molecule has 0 unspecified atom stereocenters. The predicted octanol–water partition coefficient (Wildman–Crippen LogP) is 1.97. The third-order valence-corrected chi connectivity index (χ3v) is 3.03. The van der Waals surface area contributed by atoms with Crippen LogP contribution in [0.3, 0.4) is 0 Å². The summed E-state index contributed by atoms with van der Waals surface area (Å²) in [6, 6.07) is 0. The molecule has 60 valence electrons. The molecule has 0 spiro atoms. The zero-order chi connectivity index (χ0) is 8.27. The van der Waals surface area contributed by atoms with Crippen molar-refractivity contribution in [2.75, 3.05) is 5.75 Å². The highest BCUT2D eigenvalue weighted by atomic mass is 35.5. The van der Waals surface area contributed by atoms with Gasteiger partial charge in [-0.15, -0.1) is 0 Å². The van der Waals surface area contributed by atoms with Gasteiger partial charge in [0, 0.05) is 0 Å². The maximum Gasteiger partial charge on any atom is 0.313 e. The predicted molar refractivity (Wildman–Crippen MR) is 45.5 cm³/mol. The Balaban J connectivity index is 2.45. The van der Waals surface area contributed by atoms with Crippen molar-refractivity contribution in [3.63, 3.8) is 0 Å². The van der Waals surface area contributed by atoms with E-state index in [2.05, 4.69) is 4.98 Å². The van der Waals surface area contributed by atoms with E-state index < -0.39 is 5.97 Å². The number of carboxylic acids is 1. The van der Waals surface area contributed by atoms with Gasteiger partial charge in [-0.1, -0.05) is 34.7 Å². The first-order chi connectivity index (χ1) is 5.18. The normalized spacial score (nSPS) is 9.91. The Kier molecular flexibility index (Phi) is 3.16. The van der Waals surface area contributed by atoms with Crippen LogP contribution in [0.2, 0.25) is 4.34 Å². The summed E-state index contributed by atoms with van der Waals surface area (Å²) in [6.45, 7) is 0. The molecule has 1 aromatic rings. The van der Waals surface area contributed by atoms with Gasteiger partial charge in [-0.25, -0.2) is 4.98 Å². The van der Waals surface area contributed by atoms with Crippen molar-refractivity contribution in [3.05, 3.63) is 10.5 Å². The fraction of sp³-hybridized carbons (Fsp3) is 0.200. The molecule has 0 amide bonds. The van der Waals surface area contributed by atoms with Crippen LogP contribution in [0.4, 0.5) is 0 Å². The average Bonchev–Trinajstić information content (AvgIpc) is 2.31. The fourth-order valence-corrected chi connectivity index (χ4v) is 2.27. The van der Waals surface area contributed by atoms with Crippen LogP contribution in [0.25, 0.3) is 0 Å². The molecule has 0 fully saturated rings. The summed E-state index contributed by atoms with van der Waals surface area (Å²) in [5.74, 6) is -0.814. The molecule has 1 aromatic heterocycles. The van der Waals surface area contributed by atoms with Crippen molar-refractivity contribution in [3.8, 4) is 0 Å². The zero-order valence-corrected chi connectivity index (χ0v) is 7.67. The minimum absolute atomic E-state index is 0.0316. The van der Waals surface area contributed by atoms with Gasteiger partial charge in [0.1, 0.15) is 4.34 Å². The quantitative estimate of drug-likeness (QED) is 0.774. The summed E-state index contributed by atoms with van der Waals surface area (Å²) in [7, 11) is 0. The van der Waals surface area contributed by atoms with E-state index >= 15 is 0 Å². The van der Waals surface area contributed by atoms with Crippen LogP contribution in [0, 0.1) is 0 Å². The van der Waals surface area contributed by atoms with Crippen molar-refractivity contribution in [2.45, 2.75) is 4.34 Å². The van der Waals surface area contributed by atoms with Gasteiger partial charge in [-0.3, -0.25) is 4.79 Å². The maximum absolute atomic E-state index is 10.1. The summed E-state index contributed by atoms with van der Waals surface area (Å²) < 4.78 is 1.27. The smallest absolute Gasteiger partial charge is 0.313 e. The number of carbonyl (C=O) groups is 1. The minimum atomic E-state index is -0.846. The first-order valence-corrected chi connectivity index (χ1v) is 4.82. The molecule has 1 heterocycles. The SMILES string of the molecule is O=C(O)CSc1ncc(Cl)s1. The Labute approximate surface area is 76.4 Å². The lowest BCUT2D eigenvalue weighted by atomic mass is 10.8. The van der Waals surface area contributed by atoms with Crippen molar-refractivity contribution in [2.24, 2.45) is 0 Å². The van der Waals surface area contributed by atoms with Crippen molar-refractivity contribution >= 4 is 40.7 Å². The van der Waals surface area contributed by atoms with E-state index in [0.29, 0.717) is 8.68 Å². The first-order valence-electron chi connectivity index (χ1n) is 2.64. The summed E-state index contributed by atoms with van der Waals surface area (Å²) >= 11 is 8.03. The Bertz CT molecular complexity index is 263. The Morgan fingerprint density at radius 2 is 2.64 bits per heavy atom. The lowest BCUT2D eigenvalue weighted by Crippen LogP contribution is -1.96. The molecule has 0 aliphatic carbocycles. The molecular formula is C5H4ClNO2S2. The van der Waals surface area contributed by atoms with E-state index in [4.69, 9.17) is 16.7 Å². The number of rotatable bonds is 3. The van der Waals surface area contributed by atoms with E-state index in [1.54, 1.807) is 0 Å². The zero-order valence-electron chi connectivity index (χ0n) is 5.28. The van der Waals surface area contributed by atoms with E-state index in [0.717, 1.165) is 0 Å². The van der Waals surface area contributed by atoms with Crippen LogP contribution in [0.15, 0.2) is 10.5 Å². The highest BCUT2D eigenvalue weighted by molar-refractivity contribution is 8.01. The number of aromatic nitrogens is 1. The lowest BCUT2D eigenvalue weighted by Gasteiger charge is -1.88. The molecule has 0 radical (unpaired) electrons. The van der Waals surface area contributed by atoms with E-state index in [-0.39, 0.29) is 5.75 Å². The summed E-state index contributed by atoms with van der Waals surface area (Å²) in [4.78, 5) is 14.0. The molecular weight excluding hydrogens is 206 g/mol. The summed E-state index contributed by atoms with van der Waals surface area (Å²) in [6.07, 6.45) is 1.51. The number of thiazole rings is 1. The molecule has 1 N–H and O–H groups in total. The van der Waals surface area contributed by atoms with Crippen LogP contribution in [0.5, 0.6) is 0 Å². The average molecular weight is 210 g/mol. The minimum Gasteiger partial charge on any atom is -0.481 e. The Morgan fingerprint density at radius 1 is 1.91 bits per heavy atom. The molecule has 0 saturated heterocycles. The third-order valence-electron chi connectivity index (χ3n) is 0.775. The van der Waals surface area contributed by atoms with Gasteiger partial charge in [0.2, 0.25) is 0 Å². The number of aliphatic carboxylic acids is 1. The molecule has 0 saturated carbocycles. The first kappa shape index (κ1) is 8.83. The highest BCUT2D eigenvalue weighted by Crippen LogP contribution is 2.26. The van der Waals surface area contributed by atoms with Gasteiger partial charge >= 0.3 is 5.97 Å². The summed E-state index contributed by atoms with van der Waals surface area (Å²) in [5.41, 5.74) is 0. The number of carboxylic acid groups (broad SMARTS) is 1. The van der Waals surface area contributed by atoms with Crippen molar-refractivity contribution < 1.29 is 9.90 Å². The van der Waals surface area contributed by atoms with Gasteiger partial charge < -0.3 is 5.11 Å². The van der Waals surface area contributed by atoms with E-state index in [1.165, 1.54) is 29.3 Å². The number of thioether (sulfide) groups is 1. The molecule has 0 atom stereocenters. The molecule has 1 rings (SSSR count). The number of hydrogen-bond acceptors (Lipinski definition) is 4. The van der Waals surface area contributed by atoms with Gasteiger partial charge in [0.15, 0.2) is 4.34 Å². The second-order valence-corrected chi connectivity index (χ2v) is 4.50. The molecule has 0 aliphatic rings. The number of nitrogens with zero attached hydrogens (tertiary/aromatic N) is 1.